The summed E-state index contributed by atoms with van der Waals surface area (Å²) in [5.74, 6) is -0.524. The number of carbonyl (C=O) groups excluding carboxylic acids is 3. The highest BCUT2D eigenvalue weighted by molar-refractivity contribution is 6.31. The van der Waals surface area contributed by atoms with Crippen molar-refractivity contribution in [2.45, 2.75) is 57.2 Å². The van der Waals surface area contributed by atoms with Crippen LogP contribution < -0.4 is 15.4 Å². The average molecular weight is 438 g/mol. The third-order valence-electron chi connectivity index (χ3n) is 5.62. The molecular formula is C21H28ClN3O5. The van der Waals surface area contributed by atoms with Crippen LogP contribution in [-0.4, -0.2) is 61.1 Å². The minimum absolute atomic E-state index is 0.00647. The Balaban J connectivity index is 1.77. The SMILES string of the molecule is CCOC(=O)CN1[C@H](CC(=O)Nc2cc(Cl)ccc2OC)C(=O)N[C@H]2CCCC[C@H]21. The molecule has 1 saturated heterocycles. The van der Waals surface area contributed by atoms with Gasteiger partial charge in [0.25, 0.3) is 0 Å². The topological polar surface area (TPSA) is 97.0 Å². The number of hydrogen-bond acceptors (Lipinski definition) is 6. The van der Waals surface area contributed by atoms with E-state index >= 15 is 0 Å². The molecule has 2 fully saturated rings. The fraction of sp³-hybridized carbons (Fsp3) is 0.571. The number of fused-ring (bicyclic) bond motifs is 1. The van der Waals surface area contributed by atoms with Crippen LogP contribution >= 0.6 is 11.6 Å². The first-order chi connectivity index (χ1) is 14.4. The van der Waals surface area contributed by atoms with Crippen LogP contribution in [0.15, 0.2) is 18.2 Å². The summed E-state index contributed by atoms with van der Waals surface area (Å²) in [6, 6.07) is 4.17. The Bertz CT molecular complexity index is 803. The predicted molar refractivity (Wildman–Crippen MR) is 113 cm³/mol. The van der Waals surface area contributed by atoms with Gasteiger partial charge in [0.05, 0.1) is 38.4 Å². The molecule has 3 rings (SSSR count). The smallest absolute Gasteiger partial charge is 0.320 e. The second-order valence-corrected chi connectivity index (χ2v) is 7.99. The van der Waals surface area contributed by atoms with Gasteiger partial charge in [-0.15, -0.1) is 0 Å². The van der Waals surface area contributed by atoms with E-state index in [2.05, 4.69) is 10.6 Å². The zero-order chi connectivity index (χ0) is 21.7. The lowest BCUT2D eigenvalue weighted by atomic mass is 9.85. The zero-order valence-electron chi connectivity index (χ0n) is 17.3. The van der Waals surface area contributed by atoms with Gasteiger partial charge in [-0.1, -0.05) is 24.4 Å². The zero-order valence-corrected chi connectivity index (χ0v) is 18.0. The average Bonchev–Trinajstić information content (AvgIpc) is 2.71. The highest BCUT2D eigenvalue weighted by Crippen LogP contribution is 2.31. The number of hydrogen-bond donors (Lipinski definition) is 2. The third kappa shape index (κ3) is 5.23. The van der Waals surface area contributed by atoms with Crippen molar-refractivity contribution in [2.24, 2.45) is 0 Å². The van der Waals surface area contributed by atoms with Crippen LogP contribution in [0.5, 0.6) is 5.75 Å². The van der Waals surface area contributed by atoms with Gasteiger partial charge in [0.15, 0.2) is 0 Å². The summed E-state index contributed by atoms with van der Waals surface area (Å²) in [4.78, 5) is 39.7. The van der Waals surface area contributed by atoms with Crippen molar-refractivity contribution in [1.82, 2.24) is 10.2 Å². The molecule has 1 heterocycles. The van der Waals surface area contributed by atoms with E-state index in [4.69, 9.17) is 21.1 Å². The van der Waals surface area contributed by atoms with E-state index in [1.54, 1.807) is 25.1 Å². The maximum Gasteiger partial charge on any atom is 0.320 e. The van der Waals surface area contributed by atoms with E-state index in [1.807, 2.05) is 4.90 Å². The van der Waals surface area contributed by atoms with Crippen molar-refractivity contribution < 1.29 is 23.9 Å². The minimum atomic E-state index is -0.751. The van der Waals surface area contributed by atoms with Crippen molar-refractivity contribution >= 4 is 35.1 Å². The second kappa shape index (κ2) is 10.1. The fourth-order valence-electron chi connectivity index (χ4n) is 4.29. The van der Waals surface area contributed by atoms with E-state index in [0.717, 1.165) is 25.7 Å². The molecule has 2 aliphatic rings. The number of anilines is 1. The molecule has 1 aromatic carbocycles. The van der Waals surface area contributed by atoms with Gasteiger partial charge >= 0.3 is 5.97 Å². The van der Waals surface area contributed by atoms with E-state index in [1.165, 1.54) is 7.11 Å². The molecule has 9 heteroatoms. The number of ether oxygens (including phenoxy) is 2. The van der Waals surface area contributed by atoms with Gasteiger partial charge in [0.1, 0.15) is 5.75 Å². The first kappa shape index (κ1) is 22.4. The second-order valence-electron chi connectivity index (χ2n) is 7.56. The molecule has 1 aliphatic carbocycles. The monoisotopic (exact) mass is 437 g/mol. The number of nitrogens with one attached hydrogen (secondary N) is 2. The molecule has 0 unspecified atom stereocenters. The van der Waals surface area contributed by atoms with Gasteiger partial charge in [-0.05, 0) is 38.0 Å². The molecule has 0 bridgehead atoms. The molecule has 1 saturated carbocycles. The third-order valence-corrected chi connectivity index (χ3v) is 5.85. The Kier molecular flexibility index (Phi) is 7.55. The summed E-state index contributed by atoms with van der Waals surface area (Å²) in [7, 11) is 1.50. The van der Waals surface area contributed by atoms with Crippen LogP contribution in [0.2, 0.25) is 5.02 Å². The van der Waals surface area contributed by atoms with Crippen molar-refractivity contribution in [3.05, 3.63) is 23.2 Å². The number of amides is 2. The maximum absolute atomic E-state index is 12.8. The molecule has 3 atom stereocenters. The van der Waals surface area contributed by atoms with Crippen LogP contribution in [0.4, 0.5) is 5.69 Å². The van der Waals surface area contributed by atoms with Crippen molar-refractivity contribution in [2.75, 3.05) is 25.6 Å². The van der Waals surface area contributed by atoms with Crippen molar-refractivity contribution in [3.63, 3.8) is 0 Å². The van der Waals surface area contributed by atoms with Crippen LogP contribution in [0.3, 0.4) is 0 Å². The Morgan fingerprint density at radius 3 is 2.80 bits per heavy atom. The number of benzene rings is 1. The first-order valence-electron chi connectivity index (χ1n) is 10.3. The van der Waals surface area contributed by atoms with Crippen LogP contribution in [0.1, 0.15) is 39.0 Å². The molecule has 0 radical (unpaired) electrons. The van der Waals surface area contributed by atoms with Gasteiger partial charge in [-0.25, -0.2) is 0 Å². The molecule has 30 heavy (non-hydrogen) atoms. The number of rotatable bonds is 7. The first-order valence-corrected chi connectivity index (χ1v) is 10.7. The van der Waals surface area contributed by atoms with Crippen molar-refractivity contribution in [1.29, 1.82) is 0 Å². The highest BCUT2D eigenvalue weighted by atomic mass is 35.5. The summed E-state index contributed by atoms with van der Waals surface area (Å²) >= 11 is 6.03. The number of methoxy groups -OCH3 is 1. The van der Waals surface area contributed by atoms with Gasteiger partial charge in [0.2, 0.25) is 11.8 Å². The molecule has 8 nitrogen and oxygen atoms in total. The Morgan fingerprint density at radius 2 is 2.07 bits per heavy atom. The predicted octanol–water partition coefficient (Wildman–Crippen LogP) is 2.35. The summed E-state index contributed by atoms with van der Waals surface area (Å²) in [5, 5.41) is 6.27. The Labute approximate surface area is 181 Å². The van der Waals surface area contributed by atoms with E-state index in [9.17, 15) is 14.4 Å². The molecule has 0 spiro atoms. The minimum Gasteiger partial charge on any atom is -0.495 e. The van der Waals surface area contributed by atoms with E-state index in [0.29, 0.717) is 16.5 Å². The number of esters is 1. The van der Waals surface area contributed by atoms with Gasteiger partial charge in [-0.2, -0.15) is 0 Å². The lowest BCUT2D eigenvalue weighted by Gasteiger charge is -2.47. The Morgan fingerprint density at radius 1 is 1.30 bits per heavy atom. The summed E-state index contributed by atoms with van der Waals surface area (Å²) < 4.78 is 10.4. The molecule has 1 aromatic rings. The number of piperazine rings is 1. The van der Waals surface area contributed by atoms with E-state index in [-0.39, 0.29) is 43.5 Å². The number of halogens is 1. The van der Waals surface area contributed by atoms with Gasteiger partial charge in [0, 0.05) is 17.1 Å². The summed E-state index contributed by atoms with van der Waals surface area (Å²) in [6.07, 6.45) is 3.70. The van der Waals surface area contributed by atoms with Gasteiger partial charge in [-0.3, -0.25) is 19.3 Å². The summed E-state index contributed by atoms with van der Waals surface area (Å²) in [6.45, 7) is 2.00. The molecule has 2 N–H and O–H groups in total. The standard InChI is InChI=1S/C21H28ClN3O5/c1-3-30-20(27)12-25-16-7-5-4-6-14(16)24-21(28)17(25)11-19(26)23-15-10-13(22)8-9-18(15)29-2/h8-10,14,16-17H,3-7,11-12H2,1-2H3,(H,23,26)(H,24,28)/t14-,16+,17+/m0/s1. The van der Waals surface area contributed by atoms with Crippen LogP contribution in [0.25, 0.3) is 0 Å². The molecule has 164 valence electrons. The summed E-state index contributed by atoms with van der Waals surface area (Å²) in [5.41, 5.74) is 0.429. The largest absolute Gasteiger partial charge is 0.495 e. The lowest BCUT2D eigenvalue weighted by Crippen LogP contribution is -2.67. The quantitative estimate of drug-likeness (QED) is 0.635. The number of nitrogens with zero attached hydrogens (tertiary/aromatic N) is 1. The normalized spacial score (nSPS) is 23.8. The Hall–Kier alpha value is -2.32. The van der Waals surface area contributed by atoms with Crippen LogP contribution in [-0.2, 0) is 19.1 Å². The molecular weight excluding hydrogens is 410 g/mol. The van der Waals surface area contributed by atoms with Crippen molar-refractivity contribution in [3.8, 4) is 5.75 Å². The molecule has 2 amide bonds. The molecule has 0 aromatic heterocycles. The number of carbonyl (C=O) groups is 3. The maximum atomic E-state index is 12.8. The van der Waals surface area contributed by atoms with Gasteiger partial charge < -0.3 is 20.1 Å². The van der Waals surface area contributed by atoms with E-state index < -0.39 is 12.0 Å². The fourth-order valence-corrected chi connectivity index (χ4v) is 4.46. The molecule has 1 aliphatic heterocycles. The lowest BCUT2D eigenvalue weighted by molar-refractivity contribution is -0.151. The highest BCUT2D eigenvalue weighted by Gasteiger charge is 2.44. The van der Waals surface area contributed by atoms with Crippen LogP contribution in [0, 0.1) is 0 Å².